The van der Waals surface area contributed by atoms with Gasteiger partial charge >= 0.3 is 0 Å². The molecule has 0 bridgehead atoms. The molecule has 1 aliphatic rings. The van der Waals surface area contributed by atoms with Crippen molar-refractivity contribution in [3.8, 4) is 0 Å². The minimum Gasteiger partial charge on any atom is -0.342 e. The van der Waals surface area contributed by atoms with E-state index in [4.69, 9.17) is 0 Å². The highest BCUT2D eigenvalue weighted by Gasteiger charge is 2.18. The quantitative estimate of drug-likeness (QED) is 0.616. The average Bonchev–Trinajstić information content (AvgIpc) is 3.26. The molecule has 1 aromatic heterocycles. The maximum absolute atomic E-state index is 12.9. The van der Waals surface area contributed by atoms with Gasteiger partial charge in [-0.15, -0.1) is 10.2 Å². The first-order chi connectivity index (χ1) is 12.1. The van der Waals surface area contributed by atoms with Crippen molar-refractivity contribution in [3.63, 3.8) is 0 Å². The summed E-state index contributed by atoms with van der Waals surface area (Å²) in [7, 11) is 0. The minimum atomic E-state index is -0.335. The third kappa shape index (κ3) is 5.23. The van der Waals surface area contributed by atoms with Gasteiger partial charge in [0.25, 0.3) is 0 Å². The van der Waals surface area contributed by atoms with Crippen LogP contribution in [0.15, 0.2) is 28.6 Å². The van der Waals surface area contributed by atoms with Gasteiger partial charge in [0.1, 0.15) is 5.82 Å². The molecule has 0 unspecified atom stereocenters. The van der Waals surface area contributed by atoms with Gasteiger partial charge in [0.2, 0.25) is 16.9 Å². The second kappa shape index (κ2) is 8.39. The molecule has 1 N–H and O–H groups in total. The van der Waals surface area contributed by atoms with Crippen LogP contribution in [0.2, 0.25) is 0 Å². The normalized spacial score (nSPS) is 13.9. The van der Waals surface area contributed by atoms with Crippen molar-refractivity contribution >= 4 is 40.0 Å². The maximum Gasteiger partial charge on any atom is 0.233 e. The third-order valence-corrected chi connectivity index (χ3v) is 5.67. The topological polar surface area (TPSA) is 75.2 Å². The molecule has 3 rings (SSSR count). The number of nitrogens with one attached hydrogen (secondary N) is 1. The minimum absolute atomic E-state index is 0.111. The number of likely N-dealkylation sites (tertiary alicyclic amines) is 1. The van der Waals surface area contributed by atoms with Gasteiger partial charge in [0.15, 0.2) is 4.34 Å². The lowest BCUT2D eigenvalue weighted by Gasteiger charge is -2.13. The highest BCUT2D eigenvalue weighted by molar-refractivity contribution is 8.01. The van der Waals surface area contributed by atoms with Crippen LogP contribution >= 0.6 is 23.1 Å². The molecule has 0 spiro atoms. The summed E-state index contributed by atoms with van der Waals surface area (Å²) in [6, 6.07) is 5.78. The Bertz CT molecular complexity index is 745. The summed E-state index contributed by atoms with van der Waals surface area (Å²) >= 11 is 2.57. The number of amides is 2. The smallest absolute Gasteiger partial charge is 0.233 e. The zero-order valence-electron chi connectivity index (χ0n) is 13.4. The van der Waals surface area contributed by atoms with E-state index in [0.717, 1.165) is 25.9 Å². The number of anilines is 1. The second-order valence-corrected chi connectivity index (χ2v) is 7.80. The van der Waals surface area contributed by atoms with Crippen molar-refractivity contribution < 1.29 is 14.0 Å². The number of carbonyl (C=O) groups is 2. The number of aromatic nitrogens is 2. The fourth-order valence-corrected chi connectivity index (χ4v) is 4.12. The van der Waals surface area contributed by atoms with E-state index in [1.807, 2.05) is 4.90 Å². The number of halogens is 1. The molecule has 1 saturated heterocycles. The van der Waals surface area contributed by atoms with Gasteiger partial charge < -0.3 is 10.2 Å². The third-order valence-electron chi connectivity index (χ3n) is 3.71. The Kier molecular flexibility index (Phi) is 5.98. The van der Waals surface area contributed by atoms with Crippen molar-refractivity contribution in [1.82, 2.24) is 15.1 Å². The van der Waals surface area contributed by atoms with Crippen LogP contribution in [0.3, 0.4) is 0 Å². The Labute approximate surface area is 152 Å². The predicted octanol–water partition coefficient (Wildman–Crippen LogP) is 2.57. The first kappa shape index (κ1) is 17.8. The fourth-order valence-electron chi connectivity index (χ4n) is 2.45. The van der Waals surface area contributed by atoms with Gasteiger partial charge in [-0.05, 0) is 30.5 Å². The standard InChI is InChI=1S/C16H17FN4O2S2/c17-12-5-3-11(4-6-12)9-13(22)18-15-19-20-16(25-15)24-10-14(23)21-7-1-2-8-21/h3-6H,1-2,7-10H2,(H,18,19,22). The van der Waals surface area contributed by atoms with Gasteiger partial charge in [-0.3, -0.25) is 9.59 Å². The van der Waals surface area contributed by atoms with Crippen LogP contribution in [0.5, 0.6) is 0 Å². The summed E-state index contributed by atoms with van der Waals surface area (Å²) in [6.45, 7) is 1.67. The molecule has 2 amide bonds. The van der Waals surface area contributed by atoms with E-state index in [2.05, 4.69) is 15.5 Å². The van der Waals surface area contributed by atoms with E-state index in [-0.39, 0.29) is 24.1 Å². The van der Waals surface area contributed by atoms with E-state index in [9.17, 15) is 14.0 Å². The number of hydrogen-bond acceptors (Lipinski definition) is 6. The Morgan fingerprint density at radius 2 is 1.92 bits per heavy atom. The summed E-state index contributed by atoms with van der Waals surface area (Å²) in [6.07, 6.45) is 2.27. The molecule has 9 heteroatoms. The molecule has 1 aliphatic heterocycles. The molecular formula is C16H17FN4O2S2. The molecule has 2 aromatic rings. The molecule has 0 radical (unpaired) electrons. The van der Waals surface area contributed by atoms with Gasteiger partial charge in [-0.25, -0.2) is 4.39 Å². The molecule has 25 heavy (non-hydrogen) atoms. The second-order valence-electron chi connectivity index (χ2n) is 5.60. The molecule has 0 atom stereocenters. The highest BCUT2D eigenvalue weighted by atomic mass is 32.2. The molecule has 0 saturated carbocycles. The molecule has 0 aliphatic carbocycles. The van der Waals surface area contributed by atoms with Gasteiger partial charge in [-0.2, -0.15) is 0 Å². The SMILES string of the molecule is O=C(Cc1ccc(F)cc1)Nc1nnc(SCC(=O)N2CCCC2)s1. The summed E-state index contributed by atoms with van der Waals surface area (Å²) in [4.78, 5) is 25.8. The van der Waals surface area contributed by atoms with Crippen molar-refractivity contribution in [1.29, 1.82) is 0 Å². The highest BCUT2D eigenvalue weighted by Crippen LogP contribution is 2.26. The van der Waals surface area contributed by atoms with Crippen molar-refractivity contribution in [3.05, 3.63) is 35.6 Å². The number of rotatable bonds is 6. The number of hydrogen-bond donors (Lipinski definition) is 1. The van der Waals surface area contributed by atoms with Crippen LogP contribution in [0.4, 0.5) is 9.52 Å². The Morgan fingerprint density at radius 1 is 1.20 bits per heavy atom. The van der Waals surface area contributed by atoms with Gasteiger partial charge in [0.05, 0.1) is 12.2 Å². The molecule has 132 valence electrons. The van der Waals surface area contributed by atoms with E-state index in [1.165, 1.54) is 35.2 Å². The first-order valence-corrected chi connectivity index (χ1v) is 9.69. The van der Waals surface area contributed by atoms with Crippen LogP contribution in [0, 0.1) is 5.82 Å². The number of nitrogens with zero attached hydrogens (tertiary/aromatic N) is 3. The zero-order valence-corrected chi connectivity index (χ0v) is 15.0. The zero-order chi connectivity index (χ0) is 17.6. The molecule has 1 fully saturated rings. The van der Waals surface area contributed by atoms with E-state index >= 15 is 0 Å². The van der Waals surface area contributed by atoms with Crippen LogP contribution in [-0.4, -0.2) is 45.8 Å². The number of benzene rings is 1. The predicted molar refractivity (Wildman–Crippen MR) is 95.2 cm³/mol. The monoisotopic (exact) mass is 380 g/mol. The molecular weight excluding hydrogens is 363 g/mol. The number of carbonyl (C=O) groups excluding carboxylic acids is 2. The van der Waals surface area contributed by atoms with Gasteiger partial charge in [-0.1, -0.05) is 35.2 Å². The summed E-state index contributed by atoms with van der Waals surface area (Å²) in [5, 5.41) is 11.0. The lowest BCUT2D eigenvalue weighted by Crippen LogP contribution is -2.29. The number of thioether (sulfide) groups is 1. The van der Waals surface area contributed by atoms with Crippen LogP contribution < -0.4 is 5.32 Å². The summed E-state index contributed by atoms with van der Waals surface area (Å²) in [5.41, 5.74) is 0.717. The van der Waals surface area contributed by atoms with Gasteiger partial charge in [0, 0.05) is 13.1 Å². The van der Waals surface area contributed by atoms with E-state index in [0.29, 0.717) is 20.8 Å². The van der Waals surface area contributed by atoms with E-state index < -0.39 is 0 Å². The van der Waals surface area contributed by atoms with Crippen LogP contribution in [0.1, 0.15) is 18.4 Å². The maximum atomic E-state index is 12.9. The van der Waals surface area contributed by atoms with Crippen LogP contribution in [-0.2, 0) is 16.0 Å². The first-order valence-electron chi connectivity index (χ1n) is 7.88. The Balaban J connectivity index is 1.46. The lowest BCUT2D eigenvalue weighted by atomic mass is 10.1. The van der Waals surface area contributed by atoms with E-state index in [1.54, 1.807) is 12.1 Å². The Hall–Kier alpha value is -2.00. The van der Waals surface area contributed by atoms with Crippen molar-refractivity contribution in [2.24, 2.45) is 0 Å². The average molecular weight is 380 g/mol. The molecule has 1 aromatic carbocycles. The largest absolute Gasteiger partial charge is 0.342 e. The Morgan fingerprint density at radius 3 is 2.64 bits per heavy atom. The lowest BCUT2D eigenvalue weighted by molar-refractivity contribution is -0.127. The fraction of sp³-hybridized carbons (Fsp3) is 0.375. The molecule has 2 heterocycles. The summed E-state index contributed by atoms with van der Waals surface area (Å²) < 4.78 is 13.5. The summed E-state index contributed by atoms with van der Waals surface area (Å²) in [5.74, 6) is -0.136. The van der Waals surface area contributed by atoms with Crippen molar-refractivity contribution in [2.45, 2.75) is 23.6 Å². The van der Waals surface area contributed by atoms with Crippen molar-refractivity contribution in [2.75, 3.05) is 24.2 Å². The molecule has 6 nitrogen and oxygen atoms in total. The van der Waals surface area contributed by atoms with Crippen LogP contribution in [0.25, 0.3) is 0 Å².